The van der Waals surface area contributed by atoms with Gasteiger partial charge in [0, 0.05) is 25.4 Å². The van der Waals surface area contributed by atoms with Crippen molar-refractivity contribution in [1.29, 1.82) is 0 Å². The van der Waals surface area contributed by atoms with E-state index in [1.165, 1.54) is 5.69 Å². The van der Waals surface area contributed by atoms with Crippen LogP contribution in [0.15, 0.2) is 24.3 Å². The molecule has 0 aliphatic carbocycles. The number of anilines is 1. The lowest BCUT2D eigenvalue weighted by atomic mass is 9.72. The van der Waals surface area contributed by atoms with Crippen LogP contribution in [0.5, 0.6) is 5.75 Å². The van der Waals surface area contributed by atoms with Gasteiger partial charge in [0.2, 0.25) is 0 Å². The molecule has 0 radical (unpaired) electrons. The van der Waals surface area contributed by atoms with Crippen molar-refractivity contribution in [2.45, 2.75) is 26.7 Å². The van der Waals surface area contributed by atoms with Crippen LogP contribution in [0.2, 0.25) is 0 Å². The molecule has 1 aliphatic rings. The van der Waals surface area contributed by atoms with E-state index in [1.54, 1.807) is 7.11 Å². The SMILES string of the molecule is COc1ccc(N2CCC(CCO)C(C)(C)C2)cc1. The second-order valence-electron chi connectivity index (χ2n) is 6.11. The molecule has 1 atom stereocenters. The van der Waals surface area contributed by atoms with Gasteiger partial charge in [0.1, 0.15) is 5.75 Å². The molecule has 106 valence electrons. The van der Waals surface area contributed by atoms with Crippen molar-refractivity contribution >= 4 is 5.69 Å². The zero-order valence-corrected chi connectivity index (χ0v) is 12.2. The van der Waals surface area contributed by atoms with E-state index >= 15 is 0 Å². The highest BCUT2D eigenvalue weighted by atomic mass is 16.5. The molecule has 2 rings (SSSR count). The lowest BCUT2D eigenvalue weighted by Gasteiger charge is -2.45. The molecule has 0 spiro atoms. The van der Waals surface area contributed by atoms with E-state index in [9.17, 15) is 0 Å². The second-order valence-corrected chi connectivity index (χ2v) is 6.11. The summed E-state index contributed by atoms with van der Waals surface area (Å²) in [5, 5.41) is 9.16. The van der Waals surface area contributed by atoms with Gasteiger partial charge in [-0.2, -0.15) is 0 Å². The van der Waals surface area contributed by atoms with Gasteiger partial charge in [-0.25, -0.2) is 0 Å². The number of hydrogen-bond donors (Lipinski definition) is 1. The predicted molar refractivity (Wildman–Crippen MR) is 78.8 cm³/mol. The fourth-order valence-electron chi connectivity index (χ4n) is 3.11. The van der Waals surface area contributed by atoms with Crippen molar-refractivity contribution in [1.82, 2.24) is 0 Å². The summed E-state index contributed by atoms with van der Waals surface area (Å²) in [6.45, 7) is 7.03. The van der Waals surface area contributed by atoms with Gasteiger partial charge >= 0.3 is 0 Å². The summed E-state index contributed by atoms with van der Waals surface area (Å²) in [6.07, 6.45) is 2.07. The Morgan fingerprint density at radius 1 is 1.32 bits per heavy atom. The molecule has 1 heterocycles. The fraction of sp³-hybridized carbons (Fsp3) is 0.625. The van der Waals surface area contributed by atoms with Crippen molar-refractivity contribution in [3.63, 3.8) is 0 Å². The lowest BCUT2D eigenvalue weighted by Crippen LogP contribution is -2.46. The highest BCUT2D eigenvalue weighted by Gasteiger charge is 2.35. The third-order valence-electron chi connectivity index (χ3n) is 4.37. The summed E-state index contributed by atoms with van der Waals surface area (Å²) >= 11 is 0. The molecule has 1 fully saturated rings. The lowest BCUT2D eigenvalue weighted by molar-refractivity contribution is 0.134. The van der Waals surface area contributed by atoms with E-state index in [0.717, 1.165) is 31.7 Å². The number of rotatable bonds is 4. The quantitative estimate of drug-likeness (QED) is 0.906. The molecule has 0 bridgehead atoms. The molecule has 1 N–H and O–H groups in total. The van der Waals surface area contributed by atoms with Crippen LogP contribution in [-0.2, 0) is 0 Å². The van der Waals surface area contributed by atoms with Gasteiger partial charge in [-0.15, -0.1) is 0 Å². The summed E-state index contributed by atoms with van der Waals surface area (Å²) in [6, 6.07) is 8.28. The first-order valence-corrected chi connectivity index (χ1v) is 7.06. The van der Waals surface area contributed by atoms with Crippen LogP contribution >= 0.6 is 0 Å². The molecule has 0 amide bonds. The molecular formula is C16H25NO2. The Bertz CT molecular complexity index is 400. The minimum absolute atomic E-state index is 0.251. The predicted octanol–water partition coefficient (Wildman–Crippen LogP) is 2.93. The number of benzene rings is 1. The maximum Gasteiger partial charge on any atom is 0.119 e. The zero-order valence-electron chi connectivity index (χ0n) is 12.2. The van der Waals surface area contributed by atoms with Crippen molar-refractivity contribution < 1.29 is 9.84 Å². The highest BCUT2D eigenvalue weighted by molar-refractivity contribution is 5.49. The van der Waals surface area contributed by atoms with Gasteiger partial charge in [-0.1, -0.05) is 13.8 Å². The Morgan fingerprint density at radius 3 is 2.53 bits per heavy atom. The van der Waals surface area contributed by atoms with Crippen LogP contribution in [0.4, 0.5) is 5.69 Å². The Kier molecular flexibility index (Phi) is 4.35. The van der Waals surface area contributed by atoms with Crippen LogP contribution in [0, 0.1) is 11.3 Å². The van der Waals surface area contributed by atoms with Crippen LogP contribution in [0.25, 0.3) is 0 Å². The van der Waals surface area contributed by atoms with Gasteiger partial charge in [-0.05, 0) is 48.4 Å². The maximum absolute atomic E-state index is 9.16. The number of aliphatic hydroxyl groups excluding tert-OH is 1. The van der Waals surface area contributed by atoms with Gasteiger partial charge in [0.15, 0.2) is 0 Å². The molecule has 0 saturated carbocycles. The van der Waals surface area contributed by atoms with Crippen molar-refractivity contribution in [2.75, 3.05) is 31.7 Å². The Balaban J connectivity index is 2.07. The van der Waals surface area contributed by atoms with Crippen molar-refractivity contribution in [2.24, 2.45) is 11.3 Å². The Morgan fingerprint density at radius 2 is 2.00 bits per heavy atom. The fourth-order valence-corrected chi connectivity index (χ4v) is 3.11. The van der Waals surface area contributed by atoms with Gasteiger partial charge in [0.25, 0.3) is 0 Å². The van der Waals surface area contributed by atoms with E-state index in [0.29, 0.717) is 12.5 Å². The van der Waals surface area contributed by atoms with Gasteiger partial charge < -0.3 is 14.7 Å². The first-order valence-electron chi connectivity index (χ1n) is 7.06. The van der Waals surface area contributed by atoms with E-state index in [-0.39, 0.29) is 5.41 Å². The Hall–Kier alpha value is -1.22. The minimum Gasteiger partial charge on any atom is -0.497 e. The average molecular weight is 263 g/mol. The standard InChI is InChI=1S/C16H25NO2/c1-16(2)12-17(10-8-13(16)9-11-18)14-4-6-15(19-3)7-5-14/h4-7,13,18H,8-12H2,1-3H3. The number of nitrogens with zero attached hydrogens (tertiary/aromatic N) is 1. The molecule has 1 saturated heterocycles. The summed E-state index contributed by atoms with van der Waals surface area (Å²) < 4.78 is 5.20. The number of aliphatic hydroxyl groups is 1. The summed E-state index contributed by atoms with van der Waals surface area (Å²) in [7, 11) is 1.69. The minimum atomic E-state index is 0.251. The first-order chi connectivity index (χ1) is 9.06. The second kappa shape index (κ2) is 5.83. The normalized spacial score (nSPS) is 22.3. The molecule has 0 aromatic heterocycles. The number of hydrogen-bond acceptors (Lipinski definition) is 3. The zero-order chi connectivity index (χ0) is 13.9. The average Bonchev–Trinajstić information content (AvgIpc) is 2.41. The molecule has 3 nitrogen and oxygen atoms in total. The third-order valence-corrected chi connectivity index (χ3v) is 4.37. The number of ether oxygens (including phenoxy) is 1. The largest absolute Gasteiger partial charge is 0.497 e. The summed E-state index contributed by atoms with van der Waals surface area (Å²) in [4.78, 5) is 2.44. The molecule has 1 aromatic carbocycles. The van der Waals surface area contributed by atoms with E-state index < -0.39 is 0 Å². The molecule has 1 aromatic rings. The topological polar surface area (TPSA) is 32.7 Å². The molecule has 1 aliphatic heterocycles. The molecule has 19 heavy (non-hydrogen) atoms. The first kappa shape index (κ1) is 14.2. The van der Waals surface area contributed by atoms with Gasteiger partial charge in [-0.3, -0.25) is 0 Å². The van der Waals surface area contributed by atoms with Crippen molar-refractivity contribution in [3.8, 4) is 5.75 Å². The number of piperidine rings is 1. The van der Waals surface area contributed by atoms with Crippen LogP contribution < -0.4 is 9.64 Å². The molecule has 1 unspecified atom stereocenters. The van der Waals surface area contributed by atoms with Crippen LogP contribution in [0.1, 0.15) is 26.7 Å². The summed E-state index contributed by atoms with van der Waals surface area (Å²) in [5.41, 5.74) is 1.51. The smallest absolute Gasteiger partial charge is 0.119 e. The van der Waals surface area contributed by atoms with Crippen LogP contribution in [-0.4, -0.2) is 31.9 Å². The van der Waals surface area contributed by atoms with E-state index in [2.05, 4.69) is 30.9 Å². The van der Waals surface area contributed by atoms with Crippen molar-refractivity contribution in [3.05, 3.63) is 24.3 Å². The third kappa shape index (κ3) is 3.21. The van der Waals surface area contributed by atoms with Crippen LogP contribution in [0.3, 0.4) is 0 Å². The summed E-state index contributed by atoms with van der Waals surface area (Å²) in [5.74, 6) is 1.52. The molecule has 3 heteroatoms. The van der Waals surface area contributed by atoms with E-state index in [4.69, 9.17) is 9.84 Å². The molecular weight excluding hydrogens is 238 g/mol. The van der Waals surface area contributed by atoms with E-state index in [1.807, 2.05) is 12.1 Å². The Labute approximate surface area is 116 Å². The monoisotopic (exact) mass is 263 g/mol. The van der Waals surface area contributed by atoms with Gasteiger partial charge in [0.05, 0.1) is 7.11 Å². The maximum atomic E-state index is 9.16. The highest BCUT2D eigenvalue weighted by Crippen LogP contribution is 2.38. The number of methoxy groups -OCH3 is 1.